The number of amides is 2. The number of ether oxygens (including phenoxy) is 1. The third-order valence-electron chi connectivity index (χ3n) is 5.28. The van der Waals surface area contributed by atoms with Crippen LogP contribution in [-0.2, 0) is 4.79 Å². The third kappa shape index (κ3) is 4.42. The summed E-state index contributed by atoms with van der Waals surface area (Å²) >= 11 is 6.17. The Morgan fingerprint density at radius 3 is 2.35 bits per heavy atom. The summed E-state index contributed by atoms with van der Waals surface area (Å²) in [5.41, 5.74) is 2.00. The van der Waals surface area contributed by atoms with Crippen LogP contribution < -0.4 is 14.5 Å². The smallest absolute Gasteiger partial charge is 0.258 e. The molecule has 0 aliphatic carbocycles. The lowest BCUT2D eigenvalue weighted by molar-refractivity contribution is -0.121. The zero-order valence-corrected chi connectivity index (χ0v) is 18.0. The highest BCUT2D eigenvalue weighted by Gasteiger charge is 2.33. The molecule has 5 nitrogen and oxygen atoms in total. The van der Waals surface area contributed by atoms with Gasteiger partial charge < -0.3 is 14.5 Å². The minimum absolute atomic E-state index is 0.0430. The zero-order valence-electron chi connectivity index (χ0n) is 17.2. The first-order valence-electron chi connectivity index (χ1n) is 10.2. The van der Waals surface area contributed by atoms with Gasteiger partial charge in [0.25, 0.3) is 5.91 Å². The number of fused-ring (bicyclic) bond motifs is 1. The molecule has 1 unspecified atom stereocenters. The molecule has 1 atom stereocenters. The van der Waals surface area contributed by atoms with Crippen molar-refractivity contribution >= 4 is 34.8 Å². The van der Waals surface area contributed by atoms with Crippen molar-refractivity contribution in [1.29, 1.82) is 0 Å². The van der Waals surface area contributed by atoms with Crippen LogP contribution >= 0.6 is 11.6 Å². The second-order valence-corrected chi connectivity index (χ2v) is 7.85. The van der Waals surface area contributed by atoms with Crippen LogP contribution in [-0.4, -0.2) is 31.5 Å². The highest BCUT2D eigenvalue weighted by molar-refractivity contribution is 6.32. The van der Waals surface area contributed by atoms with Gasteiger partial charge >= 0.3 is 0 Å². The van der Waals surface area contributed by atoms with Crippen LogP contribution in [0.3, 0.4) is 0 Å². The Kier molecular flexibility index (Phi) is 6.23. The van der Waals surface area contributed by atoms with Gasteiger partial charge in [0.05, 0.1) is 28.9 Å². The predicted octanol–water partition coefficient (Wildman–Crippen LogP) is 5.05. The number of hydrogen-bond acceptors (Lipinski definition) is 3. The molecule has 31 heavy (non-hydrogen) atoms. The largest absolute Gasteiger partial charge is 0.490 e. The second-order valence-electron chi connectivity index (χ2n) is 7.44. The topological polar surface area (TPSA) is 49.9 Å². The summed E-state index contributed by atoms with van der Waals surface area (Å²) in [6.45, 7) is 2.79. The fraction of sp³-hybridized carbons (Fsp3) is 0.200. The van der Waals surface area contributed by atoms with Crippen molar-refractivity contribution in [2.75, 3.05) is 29.5 Å². The van der Waals surface area contributed by atoms with Crippen molar-refractivity contribution in [2.24, 2.45) is 5.92 Å². The molecule has 0 aromatic heterocycles. The first kappa shape index (κ1) is 20.9. The number of hydrogen-bond donors (Lipinski definition) is 0. The molecular weight excluding hydrogens is 412 g/mol. The Balaban J connectivity index is 1.62. The molecule has 0 N–H and O–H groups in total. The Labute approximate surface area is 186 Å². The summed E-state index contributed by atoms with van der Waals surface area (Å²) in [4.78, 5) is 29.9. The van der Waals surface area contributed by atoms with Gasteiger partial charge in [-0.2, -0.15) is 0 Å². The standard InChI is InChI=1S/C25H23ClN2O3/c1-18-17-28(25(30)19-9-3-2-4-10-19)22-13-7-6-12-21(22)27(24(18)29)15-16-31-23-14-8-5-11-20(23)26/h2-14,18H,15-17H2,1H3. The highest BCUT2D eigenvalue weighted by atomic mass is 35.5. The molecule has 1 aliphatic rings. The Morgan fingerprint density at radius 2 is 1.61 bits per heavy atom. The van der Waals surface area contributed by atoms with E-state index in [1.165, 1.54) is 0 Å². The fourth-order valence-electron chi connectivity index (χ4n) is 3.72. The van der Waals surface area contributed by atoms with Crippen molar-refractivity contribution in [3.63, 3.8) is 0 Å². The summed E-state index contributed by atoms with van der Waals surface area (Å²) in [7, 11) is 0. The van der Waals surface area contributed by atoms with Gasteiger partial charge in [-0.1, -0.05) is 61.0 Å². The lowest BCUT2D eigenvalue weighted by Crippen LogP contribution is -2.39. The molecule has 0 spiro atoms. The van der Waals surface area contributed by atoms with E-state index < -0.39 is 0 Å². The Morgan fingerprint density at radius 1 is 0.968 bits per heavy atom. The van der Waals surface area contributed by atoms with Crippen LogP contribution in [0.5, 0.6) is 5.75 Å². The number of anilines is 2. The molecular formula is C25H23ClN2O3. The molecule has 0 saturated heterocycles. The van der Waals surface area contributed by atoms with Crippen molar-refractivity contribution in [2.45, 2.75) is 6.92 Å². The number of rotatable bonds is 5. The molecule has 0 radical (unpaired) electrons. The van der Waals surface area contributed by atoms with Gasteiger partial charge in [-0.05, 0) is 36.4 Å². The van der Waals surface area contributed by atoms with E-state index in [1.807, 2.05) is 61.5 Å². The maximum Gasteiger partial charge on any atom is 0.258 e. The van der Waals surface area contributed by atoms with Crippen LogP contribution in [0.2, 0.25) is 5.02 Å². The van der Waals surface area contributed by atoms with Crippen molar-refractivity contribution in [3.05, 3.63) is 89.4 Å². The lowest BCUT2D eigenvalue weighted by Gasteiger charge is -2.25. The van der Waals surface area contributed by atoms with Crippen molar-refractivity contribution in [3.8, 4) is 5.75 Å². The Bertz CT molecular complexity index is 1090. The average Bonchev–Trinajstić information content (AvgIpc) is 2.90. The quantitative estimate of drug-likeness (QED) is 0.564. The molecule has 0 saturated carbocycles. The lowest BCUT2D eigenvalue weighted by atomic mass is 10.1. The number of carbonyl (C=O) groups is 2. The van der Waals surface area contributed by atoms with Gasteiger partial charge in [0, 0.05) is 12.1 Å². The minimum atomic E-state index is -0.361. The first-order valence-corrected chi connectivity index (χ1v) is 10.6. The number of halogens is 1. The van der Waals surface area contributed by atoms with E-state index in [-0.39, 0.29) is 24.3 Å². The van der Waals surface area contributed by atoms with Crippen LogP contribution in [0.15, 0.2) is 78.9 Å². The monoisotopic (exact) mass is 434 g/mol. The maximum absolute atomic E-state index is 13.3. The van der Waals surface area contributed by atoms with Crippen molar-refractivity contribution in [1.82, 2.24) is 0 Å². The van der Waals surface area contributed by atoms with E-state index in [9.17, 15) is 9.59 Å². The van der Waals surface area contributed by atoms with E-state index in [0.717, 1.165) is 0 Å². The van der Waals surface area contributed by atoms with Crippen LogP contribution in [0, 0.1) is 5.92 Å². The number of para-hydroxylation sites is 3. The van der Waals surface area contributed by atoms with Gasteiger partial charge in [0.2, 0.25) is 5.91 Å². The number of benzene rings is 3. The molecule has 4 rings (SSSR count). The normalized spacial score (nSPS) is 15.9. The number of carbonyl (C=O) groups excluding carboxylic acids is 2. The van der Waals surface area contributed by atoms with Gasteiger partial charge in [-0.15, -0.1) is 0 Å². The van der Waals surface area contributed by atoms with E-state index in [4.69, 9.17) is 16.3 Å². The van der Waals surface area contributed by atoms with Gasteiger partial charge in [0.1, 0.15) is 12.4 Å². The predicted molar refractivity (Wildman–Crippen MR) is 123 cm³/mol. The van der Waals surface area contributed by atoms with Gasteiger partial charge in [-0.25, -0.2) is 0 Å². The third-order valence-corrected chi connectivity index (χ3v) is 5.59. The van der Waals surface area contributed by atoms with E-state index >= 15 is 0 Å². The zero-order chi connectivity index (χ0) is 21.8. The van der Waals surface area contributed by atoms with E-state index in [2.05, 4.69) is 0 Å². The molecule has 1 heterocycles. The molecule has 158 valence electrons. The molecule has 3 aromatic rings. The summed E-state index contributed by atoms with van der Waals surface area (Å²) in [6, 6.07) is 23.9. The molecule has 0 bridgehead atoms. The molecule has 0 fully saturated rings. The fourth-order valence-corrected chi connectivity index (χ4v) is 3.91. The van der Waals surface area contributed by atoms with Gasteiger partial charge in [-0.3, -0.25) is 9.59 Å². The number of nitrogens with zero attached hydrogens (tertiary/aromatic N) is 2. The van der Waals surface area contributed by atoms with E-state index in [0.29, 0.717) is 40.8 Å². The SMILES string of the molecule is CC1CN(C(=O)c2ccccc2)c2ccccc2N(CCOc2ccccc2Cl)C1=O. The minimum Gasteiger partial charge on any atom is -0.490 e. The summed E-state index contributed by atoms with van der Waals surface area (Å²) in [6.07, 6.45) is 0. The average molecular weight is 435 g/mol. The van der Waals surface area contributed by atoms with Crippen LogP contribution in [0.4, 0.5) is 11.4 Å². The molecule has 2 amide bonds. The van der Waals surface area contributed by atoms with Gasteiger partial charge in [0.15, 0.2) is 0 Å². The highest BCUT2D eigenvalue weighted by Crippen LogP contribution is 2.35. The van der Waals surface area contributed by atoms with E-state index in [1.54, 1.807) is 34.1 Å². The molecule has 6 heteroatoms. The second kappa shape index (κ2) is 9.23. The molecule has 1 aliphatic heterocycles. The first-order chi connectivity index (χ1) is 15.1. The Hall–Kier alpha value is -3.31. The summed E-state index contributed by atoms with van der Waals surface area (Å²) < 4.78 is 5.82. The molecule has 3 aromatic carbocycles. The summed E-state index contributed by atoms with van der Waals surface area (Å²) in [5, 5.41) is 0.526. The van der Waals surface area contributed by atoms with Crippen LogP contribution in [0.25, 0.3) is 0 Å². The maximum atomic E-state index is 13.3. The van der Waals surface area contributed by atoms with Crippen LogP contribution in [0.1, 0.15) is 17.3 Å². The summed E-state index contributed by atoms with van der Waals surface area (Å²) in [5.74, 6) is 0.0504. The van der Waals surface area contributed by atoms with Crippen molar-refractivity contribution < 1.29 is 14.3 Å².